The van der Waals surface area contributed by atoms with Crippen LogP contribution in [0.15, 0.2) is 108 Å². The minimum absolute atomic E-state index is 0.236. The number of anilines is 1. The Kier molecular flexibility index (Phi) is 5.43. The second-order valence-corrected chi connectivity index (χ2v) is 8.88. The Morgan fingerprint density at radius 1 is 0.811 bits per heavy atom. The van der Waals surface area contributed by atoms with E-state index in [1.165, 1.54) is 6.20 Å². The Labute approximate surface area is 216 Å². The molecular formula is C28H20ClN6O2+. The lowest BCUT2D eigenvalue weighted by molar-refractivity contribution is -0.893. The highest BCUT2D eigenvalue weighted by molar-refractivity contribution is 6.30. The van der Waals surface area contributed by atoms with Crippen LogP contribution >= 0.6 is 11.6 Å². The first-order chi connectivity index (χ1) is 18.0. The molecule has 0 saturated carbocycles. The fourth-order valence-corrected chi connectivity index (χ4v) is 4.36. The minimum Gasteiger partial charge on any atom is -0.350 e. The maximum Gasteiger partial charge on any atom is 0.311 e. The van der Waals surface area contributed by atoms with Gasteiger partial charge >= 0.3 is 5.82 Å². The van der Waals surface area contributed by atoms with Crippen LogP contribution < -0.4 is 16.0 Å². The number of para-hydroxylation sites is 1. The summed E-state index contributed by atoms with van der Waals surface area (Å²) >= 11 is 6.11. The summed E-state index contributed by atoms with van der Waals surface area (Å²) in [7, 11) is 0. The number of benzene rings is 3. The van der Waals surface area contributed by atoms with E-state index in [-0.39, 0.29) is 11.4 Å². The highest BCUT2D eigenvalue weighted by atomic mass is 35.5. The molecule has 0 fully saturated rings. The summed E-state index contributed by atoms with van der Waals surface area (Å²) in [6.07, 6.45) is 3.08. The summed E-state index contributed by atoms with van der Waals surface area (Å²) in [5.41, 5.74) is 9.73. The number of hydrogen-bond acceptors (Lipinski definition) is 5. The maximum atomic E-state index is 13.8. The largest absolute Gasteiger partial charge is 0.350 e. The van der Waals surface area contributed by atoms with Crippen LogP contribution in [0.25, 0.3) is 44.9 Å². The zero-order valence-corrected chi connectivity index (χ0v) is 20.1. The van der Waals surface area contributed by atoms with Crippen molar-refractivity contribution < 1.29 is 9.94 Å². The highest BCUT2D eigenvalue weighted by Gasteiger charge is 2.19. The molecule has 0 saturated heterocycles. The number of nitrogen functional groups attached to an aromatic ring is 1. The number of halogens is 1. The van der Waals surface area contributed by atoms with E-state index in [2.05, 4.69) is 5.10 Å². The summed E-state index contributed by atoms with van der Waals surface area (Å²) in [6.45, 7) is 0. The van der Waals surface area contributed by atoms with E-state index < -0.39 is 0 Å². The molecule has 3 aromatic heterocycles. The van der Waals surface area contributed by atoms with E-state index in [9.17, 15) is 10.0 Å². The zero-order chi connectivity index (χ0) is 25.5. The van der Waals surface area contributed by atoms with Gasteiger partial charge in [0.05, 0.1) is 17.6 Å². The number of nitrogens with zero attached hydrogens (tertiary/aromatic N) is 5. The lowest BCUT2D eigenvalue weighted by atomic mass is 10.0. The predicted molar refractivity (Wildman–Crippen MR) is 142 cm³/mol. The quantitative estimate of drug-likeness (QED) is 0.267. The average Bonchev–Trinajstić information content (AvgIpc) is 3.36. The Morgan fingerprint density at radius 3 is 2.19 bits per heavy atom. The third-order valence-electron chi connectivity index (χ3n) is 6.12. The van der Waals surface area contributed by atoms with Crippen molar-refractivity contribution in [1.82, 2.24) is 19.3 Å². The van der Waals surface area contributed by atoms with Gasteiger partial charge in [0, 0.05) is 22.2 Å². The van der Waals surface area contributed by atoms with Crippen molar-refractivity contribution >= 4 is 28.5 Å². The molecule has 0 atom stereocenters. The number of aromatic nitrogens is 5. The molecule has 3 aromatic carbocycles. The normalized spacial score (nSPS) is 11.2. The molecule has 0 aliphatic heterocycles. The molecule has 0 unspecified atom stereocenters. The number of nitrogens with two attached hydrogens (primary N) is 1. The molecular weight excluding hydrogens is 488 g/mol. The summed E-state index contributed by atoms with van der Waals surface area (Å²) < 4.78 is 4.10. The van der Waals surface area contributed by atoms with Crippen molar-refractivity contribution in [2.75, 3.05) is 5.73 Å². The lowest BCUT2D eigenvalue weighted by Gasteiger charge is -2.14. The smallest absolute Gasteiger partial charge is 0.311 e. The maximum absolute atomic E-state index is 13.8. The van der Waals surface area contributed by atoms with Crippen molar-refractivity contribution in [2.45, 2.75) is 0 Å². The Morgan fingerprint density at radius 2 is 1.49 bits per heavy atom. The van der Waals surface area contributed by atoms with Crippen LogP contribution in [0.2, 0.25) is 5.02 Å². The van der Waals surface area contributed by atoms with Crippen LogP contribution in [-0.4, -0.2) is 24.5 Å². The second-order valence-electron chi connectivity index (χ2n) is 8.45. The molecule has 6 rings (SSSR count). The van der Waals surface area contributed by atoms with E-state index in [4.69, 9.17) is 22.3 Å². The van der Waals surface area contributed by atoms with E-state index in [1.807, 2.05) is 60.7 Å². The monoisotopic (exact) mass is 507 g/mol. The first-order valence-electron chi connectivity index (χ1n) is 11.4. The van der Waals surface area contributed by atoms with Gasteiger partial charge in [0.15, 0.2) is 5.65 Å². The number of pyridine rings is 1. The lowest BCUT2D eigenvalue weighted by Crippen LogP contribution is -2.33. The van der Waals surface area contributed by atoms with Crippen LogP contribution in [-0.2, 0) is 0 Å². The fourth-order valence-electron chi connectivity index (χ4n) is 4.23. The third kappa shape index (κ3) is 3.99. The topological polar surface area (TPSA) is 103 Å². The van der Waals surface area contributed by atoms with Crippen molar-refractivity contribution in [3.8, 4) is 33.9 Å². The van der Waals surface area contributed by atoms with Gasteiger partial charge in [-0.15, -0.1) is 0 Å². The van der Waals surface area contributed by atoms with Gasteiger partial charge < -0.3 is 5.21 Å². The van der Waals surface area contributed by atoms with Gasteiger partial charge in [-0.1, -0.05) is 58.8 Å². The molecule has 3 heterocycles. The van der Waals surface area contributed by atoms with Gasteiger partial charge in [-0.2, -0.15) is 5.10 Å². The predicted octanol–water partition coefficient (Wildman–Crippen LogP) is 4.67. The van der Waals surface area contributed by atoms with Gasteiger partial charge in [0.1, 0.15) is 17.4 Å². The highest BCUT2D eigenvalue weighted by Crippen LogP contribution is 2.27. The van der Waals surface area contributed by atoms with Crippen LogP contribution in [0.3, 0.4) is 0 Å². The fraction of sp³-hybridized carbons (Fsp3) is 0. The molecule has 0 spiro atoms. The summed E-state index contributed by atoms with van der Waals surface area (Å²) in [5.74, 6) is 0.693. The molecule has 0 radical (unpaired) electrons. The first-order valence-corrected chi connectivity index (χ1v) is 11.8. The molecule has 180 valence electrons. The van der Waals surface area contributed by atoms with Crippen molar-refractivity contribution in [2.24, 2.45) is 0 Å². The van der Waals surface area contributed by atoms with Gasteiger partial charge in [-0.3, -0.25) is 15.1 Å². The van der Waals surface area contributed by atoms with Crippen molar-refractivity contribution in [3.05, 3.63) is 119 Å². The van der Waals surface area contributed by atoms with Crippen LogP contribution in [0.1, 0.15) is 0 Å². The molecule has 3 N–H and O–H groups in total. The van der Waals surface area contributed by atoms with Crippen molar-refractivity contribution in [3.63, 3.8) is 0 Å². The van der Waals surface area contributed by atoms with E-state index in [1.54, 1.807) is 45.8 Å². The SMILES string of the molecule is Nc1ccc(-c2ccc(-c3nc4c(cnn4-c4ccccc4)c(=O)n3-c3ccc(Cl)cc3)cc2)c[n+]1O. The van der Waals surface area contributed by atoms with Crippen molar-refractivity contribution in [1.29, 1.82) is 0 Å². The molecule has 0 aliphatic carbocycles. The van der Waals surface area contributed by atoms with Gasteiger partial charge in [-0.25, -0.2) is 9.67 Å². The Bertz CT molecular complexity index is 1810. The second kappa shape index (κ2) is 8.92. The molecule has 0 amide bonds. The summed E-state index contributed by atoms with van der Waals surface area (Å²) in [6, 6.07) is 27.6. The van der Waals surface area contributed by atoms with Crippen LogP contribution in [0.5, 0.6) is 0 Å². The van der Waals surface area contributed by atoms with Crippen LogP contribution in [0.4, 0.5) is 5.82 Å². The molecule has 0 bridgehead atoms. The van der Waals surface area contributed by atoms with E-state index in [0.29, 0.717) is 27.6 Å². The van der Waals surface area contributed by atoms with E-state index in [0.717, 1.165) is 27.1 Å². The first kappa shape index (κ1) is 22.5. The number of rotatable bonds is 4. The van der Waals surface area contributed by atoms with E-state index >= 15 is 0 Å². The summed E-state index contributed by atoms with van der Waals surface area (Å²) in [4.78, 5) is 18.7. The molecule has 0 aliphatic rings. The average molecular weight is 508 g/mol. The zero-order valence-electron chi connectivity index (χ0n) is 19.4. The molecule has 9 heteroatoms. The Balaban J connectivity index is 1.56. The summed E-state index contributed by atoms with van der Waals surface area (Å²) in [5, 5.41) is 15.4. The molecule has 6 aromatic rings. The minimum atomic E-state index is -0.242. The number of hydrogen-bond donors (Lipinski definition) is 2. The third-order valence-corrected chi connectivity index (χ3v) is 6.37. The molecule has 8 nitrogen and oxygen atoms in total. The van der Waals surface area contributed by atoms with Gasteiger partial charge in [0.2, 0.25) is 0 Å². The van der Waals surface area contributed by atoms with Crippen LogP contribution in [0, 0.1) is 0 Å². The Hall–Kier alpha value is -4.95. The standard InChI is InChI=1S/C28H19ClN6O2/c29-21-11-13-22(14-12-21)34-26(19-8-6-18(7-9-19)20-10-15-25(30)33(37)17-20)32-27-24(28(34)36)16-31-35(27)23-4-2-1-3-5-23/h1-17,30,37H/p+1. The van der Waals surface area contributed by atoms with Gasteiger partial charge in [0.25, 0.3) is 5.56 Å². The van der Waals surface area contributed by atoms with Gasteiger partial charge in [-0.05, 0) is 48.0 Å². The molecule has 37 heavy (non-hydrogen) atoms. The number of fused-ring (bicyclic) bond motifs is 1.